The number of nitrogens with one attached hydrogen (secondary N) is 1. The highest BCUT2D eigenvalue weighted by atomic mass is 32.2. The van der Waals surface area contributed by atoms with E-state index in [-0.39, 0.29) is 11.6 Å². The maximum absolute atomic E-state index is 13.3. The van der Waals surface area contributed by atoms with E-state index in [0.29, 0.717) is 11.2 Å². The van der Waals surface area contributed by atoms with Gasteiger partial charge in [-0.15, -0.1) is 10.2 Å². The Morgan fingerprint density at radius 1 is 1.25 bits per heavy atom. The van der Waals surface area contributed by atoms with E-state index < -0.39 is 16.9 Å². The Kier molecular flexibility index (Phi) is 5.08. The molecule has 0 radical (unpaired) electrons. The maximum atomic E-state index is 13.3. The molecule has 2 aromatic heterocycles. The molecule has 6 nitrogen and oxygen atoms in total. The highest BCUT2D eigenvalue weighted by molar-refractivity contribution is 8.00. The third-order valence-electron chi connectivity index (χ3n) is 4.33. The third kappa shape index (κ3) is 3.89. The number of anilines is 1. The number of carbonyl (C=O) groups excluding carboxylic acids is 1. The second-order valence-electron chi connectivity index (χ2n) is 6.53. The van der Waals surface area contributed by atoms with Gasteiger partial charge in [0.1, 0.15) is 0 Å². The van der Waals surface area contributed by atoms with Crippen molar-refractivity contribution < 1.29 is 13.6 Å². The molecule has 1 aliphatic rings. The summed E-state index contributed by atoms with van der Waals surface area (Å²) < 4.78 is 28.4. The first kappa shape index (κ1) is 18.5. The van der Waals surface area contributed by atoms with Gasteiger partial charge in [0.05, 0.1) is 5.25 Å². The smallest absolute Gasteiger partial charge is 0.237 e. The van der Waals surface area contributed by atoms with Gasteiger partial charge in [0.15, 0.2) is 22.6 Å². The van der Waals surface area contributed by atoms with Crippen LogP contribution in [0.4, 0.5) is 14.5 Å². The summed E-state index contributed by atoms with van der Waals surface area (Å²) in [5, 5.41) is 11.3. The number of hydrogen-bond donors (Lipinski definition) is 1. The van der Waals surface area contributed by atoms with Crippen LogP contribution in [0.1, 0.15) is 25.8 Å². The SMILES string of the molecule is C[C@H](Sc1nnc(-c2cccnc2)n1C1CC1)C(=O)Nc1ccc(F)c(F)c1. The molecule has 28 heavy (non-hydrogen) atoms. The molecule has 1 aliphatic carbocycles. The quantitative estimate of drug-likeness (QED) is 0.631. The summed E-state index contributed by atoms with van der Waals surface area (Å²) in [5.41, 5.74) is 1.07. The number of nitrogens with zero attached hydrogens (tertiary/aromatic N) is 4. The molecule has 1 saturated carbocycles. The van der Waals surface area contributed by atoms with Crippen LogP contribution in [0.3, 0.4) is 0 Å². The van der Waals surface area contributed by atoms with E-state index in [9.17, 15) is 13.6 Å². The predicted molar refractivity (Wildman–Crippen MR) is 102 cm³/mol. The Labute approximate surface area is 164 Å². The van der Waals surface area contributed by atoms with Gasteiger partial charge in [0, 0.05) is 35.8 Å². The lowest BCUT2D eigenvalue weighted by Crippen LogP contribution is -2.23. The van der Waals surface area contributed by atoms with Gasteiger partial charge in [-0.25, -0.2) is 8.78 Å². The number of halogens is 2. The summed E-state index contributed by atoms with van der Waals surface area (Å²) in [4.78, 5) is 16.6. The summed E-state index contributed by atoms with van der Waals surface area (Å²) in [6, 6.07) is 7.33. The zero-order valence-electron chi connectivity index (χ0n) is 15.0. The van der Waals surface area contributed by atoms with Crippen LogP contribution in [0.25, 0.3) is 11.4 Å². The number of thioether (sulfide) groups is 1. The Balaban J connectivity index is 1.51. The average molecular weight is 401 g/mol. The summed E-state index contributed by atoms with van der Waals surface area (Å²) in [6.45, 7) is 1.73. The van der Waals surface area contributed by atoms with Crippen LogP contribution in [0.15, 0.2) is 47.9 Å². The van der Waals surface area contributed by atoms with Crippen molar-refractivity contribution in [1.82, 2.24) is 19.7 Å². The monoisotopic (exact) mass is 401 g/mol. The minimum atomic E-state index is -1.01. The van der Waals surface area contributed by atoms with Crippen LogP contribution >= 0.6 is 11.8 Å². The lowest BCUT2D eigenvalue weighted by molar-refractivity contribution is -0.115. The van der Waals surface area contributed by atoms with Crippen molar-refractivity contribution in [3.63, 3.8) is 0 Å². The molecule has 1 N–H and O–H groups in total. The molecule has 3 aromatic rings. The summed E-state index contributed by atoms with van der Waals surface area (Å²) in [5.74, 6) is -1.57. The van der Waals surface area contributed by atoms with Gasteiger partial charge >= 0.3 is 0 Å². The number of rotatable bonds is 6. The molecule has 0 unspecified atom stereocenters. The zero-order chi connectivity index (χ0) is 19.7. The van der Waals surface area contributed by atoms with E-state index in [4.69, 9.17) is 0 Å². The van der Waals surface area contributed by atoms with E-state index in [1.165, 1.54) is 17.8 Å². The third-order valence-corrected chi connectivity index (χ3v) is 5.39. The predicted octanol–water partition coefficient (Wildman–Crippen LogP) is 4.07. The second kappa shape index (κ2) is 7.67. The van der Waals surface area contributed by atoms with Crippen LogP contribution in [0.5, 0.6) is 0 Å². The number of carbonyl (C=O) groups is 1. The molecule has 144 valence electrons. The fraction of sp³-hybridized carbons (Fsp3) is 0.263. The van der Waals surface area contributed by atoms with Gasteiger partial charge in [-0.05, 0) is 44.0 Å². The van der Waals surface area contributed by atoms with Gasteiger partial charge in [-0.2, -0.15) is 0 Å². The van der Waals surface area contributed by atoms with Crippen molar-refractivity contribution in [3.05, 3.63) is 54.4 Å². The van der Waals surface area contributed by atoms with Gasteiger partial charge in [0.2, 0.25) is 5.91 Å². The van der Waals surface area contributed by atoms with Gasteiger partial charge < -0.3 is 5.32 Å². The minimum absolute atomic E-state index is 0.205. The van der Waals surface area contributed by atoms with Crippen LogP contribution < -0.4 is 5.32 Å². The molecule has 1 atom stereocenters. The fourth-order valence-corrected chi connectivity index (χ4v) is 3.66. The molecule has 0 saturated heterocycles. The first-order valence-corrected chi connectivity index (χ1v) is 9.69. The Bertz CT molecular complexity index is 1010. The van der Waals surface area contributed by atoms with Crippen LogP contribution in [0, 0.1) is 11.6 Å². The van der Waals surface area contributed by atoms with E-state index >= 15 is 0 Å². The zero-order valence-corrected chi connectivity index (χ0v) is 15.8. The van der Waals surface area contributed by atoms with Crippen molar-refractivity contribution in [2.45, 2.75) is 36.2 Å². The fourth-order valence-electron chi connectivity index (χ4n) is 2.74. The van der Waals surface area contributed by atoms with Crippen LogP contribution in [0.2, 0.25) is 0 Å². The molecule has 1 fully saturated rings. The van der Waals surface area contributed by atoms with Crippen molar-refractivity contribution >= 4 is 23.4 Å². The number of pyridine rings is 1. The highest BCUT2D eigenvalue weighted by Crippen LogP contribution is 2.41. The van der Waals surface area contributed by atoms with Crippen LogP contribution in [-0.2, 0) is 4.79 Å². The molecule has 0 aliphatic heterocycles. The van der Waals surface area contributed by atoms with Crippen molar-refractivity contribution in [2.75, 3.05) is 5.32 Å². The molecule has 1 aromatic carbocycles. The lowest BCUT2D eigenvalue weighted by Gasteiger charge is -2.13. The molecule has 1 amide bonds. The summed E-state index contributed by atoms with van der Waals surface area (Å²) in [6.07, 6.45) is 5.50. The molecule has 0 spiro atoms. The number of benzene rings is 1. The largest absolute Gasteiger partial charge is 0.325 e. The Hall–Kier alpha value is -2.81. The first-order valence-electron chi connectivity index (χ1n) is 8.81. The number of aromatic nitrogens is 4. The van der Waals surface area contributed by atoms with Crippen molar-refractivity contribution in [2.24, 2.45) is 0 Å². The molecular weight excluding hydrogens is 384 g/mol. The lowest BCUT2D eigenvalue weighted by atomic mass is 10.3. The number of amides is 1. The minimum Gasteiger partial charge on any atom is -0.325 e. The summed E-state index contributed by atoms with van der Waals surface area (Å²) >= 11 is 1.28. The van der Waals surface area contributed by atoms with Gasteiger partial charge in [-0.1, -0.05) is 11.8 Å². The van der Waals surface area contributed by atoms with Crippen molar-refractivity contribution in [1.29, 1.82) is 0 Å². The molecule has 2 heterocycles. The Morgan fingerprint density at radius 3 is 2.75 bits per heavy atom. The average Bonchev–Trinajstić information content (AvgIpc) is 3.45. The molecular formula is C19H17F2N5OS. The van der Waals surface area contributed by atoms with Crippen LogP contribution in [-0.4, -0.2) is 30.9 Å². The molecule has 9 heteroatoms. The van der Waals surface area contributed by atoms with E-state index in [1.807, 2.05) is 16.7 Å². The second-order valence-corrected chi connectivity index (χ2v) is 7.84. The normalized spacial score (nSPS) is 14.7. The van der Waals surface area contributed by atoms with Gasteiger partial charge in [0.25, 0.3) is 0 Å². The molecule has 0 bridgehead atoms. The topological polar surface area (TPSA) is 72.7 Å². The first-order chi connectivity index (χ1) is 13.5. The Morgan fingerprint density at radius 2 is 2.07 bits per heavy atom. The van der Waals surface area contributed by atoms with E-state index in [0.717, 1.165) is 36.4 Å². The standard InChI is InChI=1S/C19H17F2N5OS/c1-11(18(27)23-13-4-7-15(20)16(21)9-13)28-19-25-24-17(26(19)14-5-6-14)12-3-2-8-22-10-12/h2-4,7-11,14H,5-6H2,1H3,(H,23,27)/t11-/m0/s1. The van der Waals surface area contributed by atoms with Gasteiger partial charge in [-0.3, -0.25) is 14.3 Å². The summed E-state index contributed by atoms with van der Waals surface area (Å²) in [7, 11) is 0. The van der Waals surface area contributed by atoms with E-state index in [1.54, 1.807) is 19.3 Å². The maximum Gasteiger partial charge on any atom is 0.237 e. The highest BCUT2D eigenvalue weighted by Gasteiger charge is 2.31. The number of hydrogen-bond acceptors (Lipinski definition) is 5. The van der Waals surface area contributed by atoms with E-state index in [2.05, 4.69) is 20.5 Å². The van der Waals surface area contributed by atoms with Crippen molar-refractivity contribution in [3.8, 4) is 11.4 Å². The molecule has 4 rings (SSSR count).